The second-order valence-electron chi connectivity index (χ2n) is 6.95. The van der Waals surface area contributed by atoms with Gasteiger partial charge in [-0.2, -0.15) is 0 Å². The van der Waals surface area contributed by atoms with Crippen molar-refractivity contribution in [3.8, 4) is 0 Å². The molecule has 0 unspecified atom stereocenters. The van der Waals surface area contributed by atoms with Crippen LogP contribution in [-0.2, 0) is 14.3 Å². The lowest BCUT2D eigenvalue weighted by molar-refractivity contribution is -0.162. The summed E-state index contributed by atoms with van der Waals surface area (Å²) in [7, 11) is 0. The van der Waals surface area contributed by atoms with E-state index in [1.807, 2.05) is 52.0 Å². The minimum absolute atomic E-state index is 0.0680. The maximum atomic E-state index is 12.5. The van der Waals surface area contributed by atoms with Crippen molar-refractivity contribution in [3.05, 3.63) is 29.8 Å². The molecule has 0 saturated carbocycles. The number of hydrogen-bond acceptors (Lipinski definition) is 4. The topological polar surface area (TPSA) is 58.6 Å². The largest absolute Gasteiger partial charge is 0.458 e. The number of rotatable bonds is 4. The Morgan fingerprint density at radius 3 is 2.65 bits per heavy atom. The van der Waals surface area contributed by atoms with Crippen molar-refractivity contribution < 1.29 is 14.3 Å². The summed E-state index contributed by atoms with van der Waals surface area (Å²) in [5.74, 6) is -0.374. The first-order valence-corrected chi connectivity index (χ1v) is 8.10. The van der Waals surface area contributed by atoms with Crippen molar-refractivity contribution in [1.29, 1.82) is 0 Å². The molecule has 1 atom stereocenters. The Labute approximate surface area is 138 Å². The van der Waals surface area contributed by atoms with E-state index in [0.29, 0.717) is 13.0 Å². The molecule has 1 saturated heterocycles. The van der Waals surface area contributed by atoms with Crippen molar-refractivity contribution in [2.75, 3.05) is 18.4 Å². The fraction of sp³-hybridized carbons (Fsp3) is 0.556. The van der Waals surface area contributed by atoms with Crippen LogP contribution in [0.4, 0.5) is 5.69 Å². The molecule has 5 heteroatoms. The van der Waals surface area contributed by atoms with E-state index in [-0.39, 0.29) is 18.4 Å². The molecule has 0 spiro atoms. The third-order valence-electron chi connectivity index (χ3n) is 3.83. The molecular formula is C18H26N2O3. The molecule has 2 rings (SSSR count). The quantitative estimate of drug-likeness (QED) is 0.867. The molecule has 0 aliphatic carbocycles. The fourth-order valence-electron chi connectivity index (χ4n) is 2.72. The van der Waals surface area contributed by atoms with Crippen molar-refractivity contribution in [2.45, 2.75) is 52.2 Å². The van der Waals surface area contributed by atoms with E-state index >= 15 is 0 Å². The van der Waals surface area contributed by atoms with E-state index in [1.165, 1.54) is 0 Å². The zero-order valence-corrected chi connectivity index (χ0v) is 14.4. The molecule has 126 valence electrons. The van der Waals surface area contributed by atoms with Crippen LogP contribution in [0.5, 0.6) is 0 Å². The molecule has 1 heterocycles. The Morgan fingerprint density at radius 2 is 2.00 bits per heavy atom. The molecule has 1 fully saturated rings. The summed E-state index contributed by atoms with van der Waals surface area (Å²) in [6.45, 7) is 8.30. The van der Waals surface area contributed by atoms with Crippen molar-refractivity contribution >= 4 is 17.6 Å². The molecular weight excluding hydrogens is 292 g/mol. The van der Waals surface area contributed by atoms with Crippen molar-refractivity contribution in [1.82, 2.24) is 4.90 Å². The number of anilines is 1. The summed E-state index contributed by atoms with van der Waals surface area (Å²) in [5.41, 5.74) is 1.49. The highest BCUT2D eigenvalue weighted by Gasteiger charge is 2.36. The Morgan fingerprint density at radius 1 is 1.30 bits per heavy atom. The van der Waals surface area contributed by atoms with Gasteiger partial charge in [-0.25, -0.2) is 4.79 Å². The Kier molecular flexibility index (Phi) is 5.29. The summed E-state index contributed by atoms with van der Waals surface area (Å²) < 4.78 is 5.43. The zero-order chi connectivity index (χ0) is 17.0. The van der Waals surface area contributed by atoms with Gasteiger partial charge in [-0.05, 0) is 52.2 Å². The van der Waals surface area contributed by atoms with E-state index < -0.39 is 11.6 Å². The molecule has 5 nitrogen and oxygen atoms in total. The normalized spacial score (nSPS) is 17.9. The number of esters is 1. The van der Waals surface area contributed by atoms with Crippen LogP contribution in [0.2, 0.25) is 0 Å². The summed E-state index contributed by atoms with van der Waals surface area (Å²) in [6.07, 6.45) is 1.50. The van der Waals surface area contributed by atoms with Gasteiger partial charge in [0.15, 0.2) is 0 Å². The molecule has 1 aliphatic heterocycles. The van der Waals surface area contributed by atoms with Crippen LogP contribution in [-0.4, -0.2) is 41.5 Å². The van der Waals surface area contributed by atoms with Gasteiger partial charge in [-0.3, -0.25) is 4.79 Å². The van der Waals surface area contributed by atoms with Crippen molar-refractivity contribution in [2.24, 2.45) is 0 Å². The lowest BCUT2D eigenvalue weighted by Gasteiger charge is -2.27. The summed E-state index contributed by atoms with van der Waals surface area (Å²) in [5, 5.41) is 3.15. The number of likely N-dealkylation sites (tertiary alicyclic amines) is 1. The minimum Gasteiger partial charge on any atom is -0.458 e. The molecule has 0 bridgehead atoms. The van der Waals surface area contributed by atoms with Crippen LogP contribution in [0.25, 0.3) is 0 Å². The lowest BCUT2D eigenvalue weighted by atomic mass is 10.1. The third kappa shape index (κ3) is 4.71. The second kappa shape index (κ2) is 7.02. The number of aryl methyl sites for hydroxylation is 1. The van der Waals surface area contributed by atoms with Gasteiger partial charge in [0.05, 0.1) is 6.54 Å². The van der Waals surface area contributed by atoms with Crippen LogP contribution in [0.3, 0.4) is 0 Å². The van der Waals surface area contributed by atoms with E-state index in [2.05, 4.69) is 5.32 Å². The predicted octanol–water partition coefficient (Wildman–Crippen LogP) is 2.74. The smallest absolute Gasteiger partial charge is 0.329 e. The van der Waals surface area contributed by atoms with E-state index in [9.17, 15) is 9.59 Å². The number of benzene rings is 1. The standard InChI is InChI=1S/C18H26N2O3/c1-13-8-5-6-9-14(13)19-12-16(21)20-11-7-10-15(20)17(22)23-18(2,3)4/h5-6,8-9,15,19H,7,10-12H2,1-4H3/t15-/m0/s1. The molecule has 1 aromatic carbocycles. The first-order chi connectivity index (χ1) is 10.8. The average molecular weight is 318 g/mol. The molecule has 1 aliphatic rings. The first-order valence-electron chi connectivity index (χ1n) is 8.10. The number of hydrogen-bond donors (Lipinski definition) is 1. The molecule has 0 radical (unpaired) electrons. The molecule has 1 N–H and O–H groups in total. The number of carbonyl (C=O) groups excluding carboxylic acids is 2. The first kappa shape index (κ1) is 17.3. The highest BCUT2D eigenvalue weighted by Crippen LogP contribution is 2.21. The molecule has 23 heavy (non-hydrogen) atoms. The van der Waals surface area contributed by atoms with E-state index in [4.69, 9.17) is 4.74 Å². The average Bonchev–Trinajstić information content (AvgIpc) is 2.94. The Balaban J connectivity index is 1.95. The number of nitrogens with one attached hydrogen (secondary N) is 1. The Bertz CT molecular complexity index is 578. The second-order valence-corrected chi connectivity index (χ2v) is 6.95. The van der Waals surface area contributed by atoms with Crippen LogP contribution in [0.15, 0.2) is 24.3 Å². The monoisotopic (exact) mass is 318 g/mol. The predicted molar refractivity (Wildman–Crippen MR) is 90.2 cm³/mol. The fourth-order valence-corrected chi connectivity index (χ4v) is 2.72. The van der Waals surface area contributed by atoms with E-state index in [0.717, 1.165) is 17.7 Å². The lowest BCUT2D eigenvalue weighted by Crippen LogP contribution is -2.45. The highest BCUT2D eigenvalue weighted by molar-refractivity contribution is 5.87. The van der Waals surface area contributed by atoms with Crippen LogP contribution >= 0.6 is 0 Å². The van der Waals surface area contributed by atoms with Crippen LogP contribution in [0, 0.1) is 6.92 Å². The van der Waals surface area contributed by atoms with Gasteiger partial charge < -0.3 is 15.0 Å². The van der Waals surface area contributed by atoms with Gasteiger partial charge in [-0.15, -0.1) is 0 Å². The van der Waals surface area contributed by atoms with Gasteiger partial charge >= 0.3 is 5.97 Å². The van der Waals surface area contributed by atoms with Gasteiger partial charge in [0.2, 0.25) is 5.91 Å². The summed E-state index contributed by atoms with van der Waals surface area (Å²) >= 11 is 0. The Hall–Kier alpha value is -2.04. The van der Waals surface area contributed by atoms with Gasteiger partial charge in [0.1, 0.15) is 11.6 Å². The summed E-state index contributed by atoms with van der Waals surface area (Å²) in [6, 6.07) is 7.37. The number of carbonyl (C=O) groups is 2. The van der Waals surface area contributed by atoms with Crippen LogP contribution in [0.1, 0.15) is 39.2 Å². The maximum absolute atomic E-state index is 12.5. The number of ether oxygens (including phenoxy) is 1. The van der Waals surface area contributed by atoms with Gasteiger partial charge in [0, 0.05) is 12.2 Å². The maximum Gasteiger partial charge on any atom is 0.329 e. The highest BCUT2D eigenvalue weighted by atomic mass is 16.6. The number of para-hydroxylation sites is 1. The molecule has 1 aromatic rings. The SMILES string of the molecule is Cc1ccccc1NCC(=O)N1CCC[C@H]1C(=O)OC(C)(C)C. The van der Waals surface area contributed by atoms with Gasteiger partial charge in [0.25, 0.3) is 0 Å². The van der Waals surface area contributed by atoms with Crippen molar-refractivity contribution in [3.63, 3.8) is 0 Å². The molecule has 0 aromatic heterocycles. The van der Waals surface area contributed by atoms with Crippen LogP contribution < -0.4 is 5.32 Å². The van der Waals surface area contributed by atoms with Gasteiger partial charge in [-0.1, -0.05) is 18.2 Å². The number of nitrogens with zero attached hydrogens (tertiary/aromatic N) is 1. The minimum atomic E-state index is -0.534. The zero-order valence-electron chi connectivity index (χ0n) is 14.4. The number of amides is 1. The van der Waals surface area contributed by atoms with E-state index in [1.54, 1.807) is 4.90 Å². The summed E-state index contributed by atoms with van der Waals surface area (Å²) in [4.78, 5) is 26.4. The third-order valence-corrected chi connectivity index (χ3v) is 3.83. The molecule has 1 amide bonds.